The number of hydrogen-bond donors (Lipinski definition) is 1. The van der Waals surface area contributed by atoms with Gasteiger partial charge in [-0.1, -0.05) is 6.07 Å². The van der Waals surface area contributed by atoms with Crippen LogP contribution < -0.4 is 9.64 Å². The van der Waals surface area contributed by atoms with Crippen LogP contribution in [0.1, 0.15) is 36.8 Å². The average Bonchev–Trinajstić information content (AvgIpc) is 2.78. The lowest BCUT2D eigenvalue weighted by atomic mass is 9.91. The monoisotopic (exact) mass is 275 g/mol. The van der Waals surface area contributed by atoms with Crippen LogP contribution in [0.2, 0.25) is 0 Å². The molecule has 0 bridgehead atoms. The van der Waals surface area contributed by atoms with E-state index in [1.807, 2.05) is 6.07 Å². The summed E-state index contributed by atoms with van der Waals surface area (Å²) >= 11 is 0. The van der Waals surface area contributed by atoms with Gasteiger partial charge in [-0.3, -0.25) is 9.59 Å². The normalized spacial score (nSPS) is 20.6. The fourth-order valence-corrected chi connectivity index (χ4v) is 3.17. The molecule has 0 radical (unpaired) electrons. The first kappa shape index (κ1) is 13.0. The van der Waals surface area contributed by atoms with Gasteiger partial charge >= 0.3 is 5.97 Å². The van der Waals surface area contributed by atoms with E-state index in [-0.39, 0.29) is 5.91 Å². The number of aliphatic carboxylic acids is 1. The van der Waals surface area contributed by atoms with Crippen LogP contribution in [0.4, 0.5) is 5.69 Å². The standard InChI is InChI=1S/C15H17NO4/c1-9(17)16-7-2-3-11(15(18)19)10-4-5-13-12(14(10)16)6-8-20-13/h4-5,11H,2-3,6-8H2,1H3,(H,18,19). The van der Waals surface area contributed by atoms with E-state index < -0.39 is 11.9 Å². The second-order valence-electron chi connectivity index (χ2n) is 5.28. The van der Waals surface area contributed by atoms with Crippen LogP contribution in [-0.4, -0.2) is 30.1 Å². The zero-order valence-corrected chi connectivity index (χ0v) is 11.4. The summed E-state index contributed by atoms with van der Waals surface area (Å²) in [5.74, 6) is -0.630. The highest BCUT2D eigenvalue weighted by Crippen LogP contribution is 2.43. The maximum atomic E-state index is 11.9. The molecule has 0 fully saturated rings. The molecule has 0 saturated carbocycles. The van der Waals surface area contributed by atoms with Crippen molar-refractivity contribution in [2.24, 2.45) is 0 Å². The molecule has 3 rings (SSSR count). The minimum Gasteiger partial charge on any atom is -0.493 e. The summed E-state index contributed by atoms with van der Waals surface area (Å²) < 4.78 is 5.54. The Bertz CT molecular complexity index is 581. The number of carboxylic acids is 1. The number of carbonyl (C=O) groups is 2. The van der Waals surface area contributed by atoms with Crippen LogP contribution in [-0.2, 0) is 16.0 Å². The number of anilines is 1. The van der Waals surface area contributed by atoms with Crippen molar-refractivity contribution in [1.29, 1.82) is 0 Å². The summed E-state index contributed by atoms with van der Waals surface area (Å²) in [7, 11) is 0. The van der Waals surface area contributed by atoms with Crippen molar-refractivity contribution in [1.82, 2.24) is 0 Å². The number of amides is 1. The maximum Gasteiger partial charge on any atom is 0.311 e. The van der Waals surface area contributed by atoms with Crippen molar-refractivity contribution >= 4 is 17.6 Å². The summed E-state index contributed by atoms with van der Waals surface area (Å²) in [6.45, 7) is 2.69. The Kier molecular flexibility index (Phi) is 3.12. The van der Waals surface area contributed by atoms with Gasteiger partial charge < -0.3 is 14.7 Å². The molecule has 1 N–H and O–H groups in total. The Morgan fingerprint density at radius 1 is 1.40 bits per heavy atom. The summed E-state index contributed by atoms with van der Waals surface area (Å²) in [6.07, 6.45) is 1.99. The van der Waals surface area contributed by atoms with Gasteiger partial charge in [0.1, 0.15) is 5.75 Å². The number of carbonyl (C=O) groups excluding carboxylic acids is 1. The van der Waals surface area contributed by atoms with Crippen molar-refractivity contribution in [3.05, 3.63) is 23.3 Å². The van der Waals surface area contributed by atoms with Gasteiger partial charge in [0.05, 0.1) is 18.2 Å². The highest BCUT2D eigenvalue weighted by Gasteiger charge is 2.33. The lowest BCUT2D eigenvalue weighted by molar-refractivity contribution is -0.139. The van der Waals surface area contributed by atoms with E-state index in [1.165, 1.54) is 6.92 Å². The number of nitrogens with zero attached hydrogens (tertiary/aromatic N) is 1. The number of benzene rings is 1. The maximum absolute atomic E-state index is 11.9. The number of fused-ring (bicyclic) bond motifs is 3. The van der Waals surface area contributed by atoms with Crippen LogP contribution >= 0.6 is 0 Å². The SMILES string of the molecule is CC(=O)N1CCCC(C(=O)O)c2ccc3c(c21)CCO3. The Labute approximate surface area is 117 Å². The lowest BCUT2D eigenvalue weighted by Gasteiger charge is -2.24. The van der Waals surface area contributed by atoms with Crippen molar-refractivity contribution in [2.45, 2.75) is 32.1 Å². The van der Waals surface area contributed by atoms with Crippen molar-refractivity contribution < 1.29 is 19.4 Å². The lowest BCUT2D eigenvalue weighted by Crippen LogP contribution is -2.30. The largest absolute Gasteiger partial charge is 0.493 e. The predicted octanol–water partition coefficient (Wildman–Crippen LogP) is 1.94. The fourth-order valence-electron chi connectivity index (χ4n) is 3.17. The number of carboxylic acid groups (broad SMARTS) is 1. The van der Waals surface area contributed by atoms with Gasteiger partial charge in [-0.05, 0) is 24.5 Å². The third-order valence-electron chi connectivity index (χ3n) is 4.08. The van der Waals surface area contributed by atoms with Gasteiger partial charge in [-0.2, -0.15) is 0 Å². The number of hydrogen-bond acceptors (Lipinski definition) is 3. The van der Waals surface area contributed by atoms with Gasteiger partial charge in [0.2, 0.25) is 5.91 Å². The molecule has 1 amide bonds. The van der Waals surface area contributed by atoms with Crippen LogP contribution in [0.25, 0.3) is 0 Å². The first-order valence-electron chi connectivity index (χ1n) is 6.89. The van der Waals surface area contributed by atoms with Crippen molar-refractivity contribution in [3.63, 3.8) is 0 Å². The zero-order chi connectivity index (χ0) is 14.3. The molecule has 0 aliphatic carbocycles. The molecule has 2 heterocycles. The molecule has 1 atom stereocenters. The van der Waals surface area contributed by atoms with Gasteiger partial charge in [0, 0.05) is 25.5 Å². The third kappa shape index (κ3) is 1.94. The van der Waals surface area contributed by atoms with E-state index >= 15 is 0 Å². The van der Waals surface area contributed by atoms with E-state index in [2.05, 4.69) is 0 Å². The fraction of sp³-hybridized carbons (Fsp3) is 0.467. The van der Waals surface area contributed by atoms with E-state index in [1.54, 1.807) is 11.0 Å². The molecule has 106 valence electrons. The van der Waals surface area contributed by atoms with Gasteiger partial charge in [-0.25, -0.2) is 0 Å². The highest BCUT2D eigenvalue weighted by molar-refractivity contribution is 5.95. The van der Waals surface area contributed by atoms with Crippen LogP contribution in [0.15, 0.2) is 12.1 Å². The predicted molar refractivity (Wildman–Crippen MR) is 73.3 cm³/mol. The molecule has 1 aromatic carbocycles. The Morgan fingerprint density at radius 3 is 2.90 bits per heavy atom. The summed E-state index contributed by atoms with van der Waals surface area (Å²) in [5.41, 5.74) is 2.50. The molecule has 2 aliphatic rings. The molecule has 0 saturated heterocycles. The second-order valence-corrected chi connectivity index (χ2v) is 5.28. The minimum atomic E-state index is -0.824. The quantitative estimate of drug-likeness (QED) is 0.850. The van der Waals surface area contributed by atoms with Crippen LogP contribution in [0, 0.1) is 0 Å². The first-order valence-corrected chi connectivity index (χ1v) is 6.89. The van der Waals surface area contributed by atoms with Gasteiger partial charge in [-0.15, -0.1) is 0 Å². The average molecular weight is 275 g/mol. The Morgan fingerprint density at radius 2 is 2.20 bits per heavy atom. The summed E-state index contributed by atoms with van der Waals surface area (Å²) in [5, 5.41) is 9.45. The van der Waals surface area contributed by atoms with E-state index in [0.29, 0.717) is 26.0 Å². The number of ether oxygens (including phenoxy) is 1. The molecule has 5 heteroatoms. The smallest absolute Gasteiger partial charge is 0.311 e. The molecular formula is C15H17NO4. The molecule has 2 aliphatic heterocycles. The van der Waals surface area contributed by atoms with Crippen molar-refractivity contribution in [2.75, 3.05) is 18.1 Å². The topological polar surface area (TPSA) is 66.8 Å². The highest BCUT2D eigenvalue weighted by atomic mass is 16.5. The number of rotatable bonds is 1. The Balaban J connectivity index is 2.21. The molecule has 1 aromatic rings. The van der Waals surface area contributed by atoms with Crippen molar-refractivity contribution in [3.8, 4) is 5.75 Å². The summed E-state index contributed by atoms with van der Waals surface area (Å²) in [6, 6.07) is 3.64. The summed E-state index contributed by atoms with van der Waals surface area (Å²) in [4.78, 5) is 25.2. The van der Waals surface area contributed by atoms with E-state index in [0.717, 1.165) is 29.0 Å². The van der Waals surface area contributed by atoms with E-state index in [9.17, 15) is 14.7 Å². The third-order valence-corrected chi connectivity index (χ3v) is 4.08. The second kappa shape index (κ2) is 4.81. The molecular weight excluding hydrogens is 258 g/mol. The molecule has 0 aromatic heterocycles. The first-order chi connectivity index (χ1) is 9.59. The molecule has 20 heavy (non-hydrogen) atoms. The zero-order valence-electron chi connectivity index (χ0n) is 11.4. The van der Waals surface area contributed by atoms with E-state index in [4.69, 9.17) is 4.74 Å². The minimum absolute atomic E-state index is 0.0439. The Hall–Kier alpha value is -2.04. The van der Waals surface area contributed by atoms with Crippen LogP contribution in [0.5, 0.6) is 5.75 Å². The molecule has 0 spiro atoms. The molecule has 5 nitrogen and oxygen atoms in total. The van der Waals surface area contributed by atoms with Gasteiger partial charge in [0.25, 0.3) is 0 Å². The van der Waals surface area contributed by atoms with Gasteiger partial charge in [0.15, 0.2) is 0 Å². The molecule has 1 unspecified atom stereocenters. The van der Waals surface area contributed by atoms with Crippen LogP contribution in [0.3, 0.4) is 0 Å².